The first-order chi connectivity index (χ1) is 8.70. The Hall–Kier alpha value is -0.550. The molecule has 2 rings (SSSR count). The number of ether oxygens (including phenoxy) is 3. The molecule has 0 aromatic heterocycles. The van der Waals surface area contributed by atoms with Crippen LogP contribution in [-0.4, -0.2) is 35.9 Å². The number of cyclic esters (lactones) is 2. The van der Waals surface area contributed by atoms with Crippen molar-refractivity contribution in [3.8, 4) is 0 Å². The summed E-state index contributed by atoms with van der Waals surface area (Å²) in [6.45, 7) is 2.55. The minimum atomic E-state index is -0.578. The van der Waals surface area contributed by atoms with Crippen molar-refractivity contribution in [2.45, 2.75) is 55.7 Å². The molecule has 0 spiro atoms. The van der Waals surface area contributed by atoms with E-state index in [9.17, 15) is 4.79 Å². The van der Waals surface area contributed by atoms with E-state index in [2.05, 4.69) is 35.0 Å². The Bertz CT molecular complexity index is 318. The van der Waals surface area contributed by atoms with Gasteiger partial charge in [0.1, 0.15) is 6.10 Å². The second-order valence-corrected chi connectivity index (χ2v) is 5.80. The van der Waals surface area contributed by atoms with Crippen LogP contribution >= 0.6 is 15.9 Å². The second kappa shape index (κ2) is 6.57. The first kappa shape index (κ1) is 13.9. The highest BCUT2D eigenvalue weighted by molar-refractivity contribution is 9.09. The normalized spacial score (nSPS) is 34.3. The van der Waals surface area contributed by atoms with E-state index in [1.54, 1.807) is 0 Å². The van der Waals surface area contributed by atoms with Crippen molar-refractivity contribution < 1.29 is 19.0 Å². The summed E-state index contributed by atoms with van der Waals surface area (Å²) in [4.78, 5) is 11.5. The van der Waals surface area contributed by atoms with E-state index >= 15 is 0 Å². The number of carbonyl (C=O) groups excluding carboxylic acids is 1. The molecule has 102 valence electrons. The lowest BCUT2D eigenvalue weighted by molar-refractivity contribution is -0.112. The Labute approximate surface area is 116 Å². The van der Waals surface area contributed by atoms with Crippen LogP contribution in [0, 0.1) is 0 Å². The Morgan fingerprint density at radius 2 is 2.17 bits per heavy atom. The molecule has 18 heavy (non-hydrogen) atoms. The van der Waals surface area contributed by atoms with E-state index in [1.165, 1.54) is 0 Å². The highest BCUT2D eigenvalue weighted by Crippen LogP contribution is 2.26. The van der Waals surface area contributed by atoms with Crippen LogP contribution in [0.25, 0.3) is 0 Å². The van der Waals surface area contributed by atoms with Gasteiger partial charge in [-0.05, 0) is 19.3 Å². The maximum atomic E-state index is 11.1. The molecule has 0 unspecified atom stereocenters. The van der Waals surface area contributed by atoms with Crippen molar-refractivity contribution in [1.29, 1.82) is 0 Å². The molecule has 2 heterocycles. The lowest BCUT2D eigenvalue weighted by Crippen LogP contribution is -2.41. The van der Waals surface area contributed by atoms with Gasteiger partial charge in [-0.2, -0.15) is 0 Å². The lowest BCUT2D eigenvalue weighted by Gasteiger charge is -2.32. The summed E-state index contributed by atoms with van der Waals surface area (Å²) < 4.78 is 16.1. The van der Waals surface area contributed by atoms with Gasteiger partial charge >= 0.3 is 6.16 Å². The second-order valence-electron chi connectivity index (χ2n) is 4.62. The molecule has 5 heteroatoms. The van der Waals surface area contributed by atoms with E-state index in [1.807, 2.05) is 0 Å². The molecule has 0 bridgehead atoms. The Morgan fingerprint density at radius 1 is 1.39 bits per heavy atom. The first-order valence-electron chi connectivity index (χ1n) is 6.48. The molecular formula is C13H19BrO4. The smallest absolute Gasteiger partial charge is 0.434 e. The fourth-order valence-corrected chi connectivity index (χ4v) is 2.61. The van der Waals surface area contributed by atoms with Crippen molar-refractivity contribution in [2.24, 2.45) is 0 Å². The van der Waals surface area contributed by atoms with Gasteiger partial charge in [0.2, 0.25) is 0 Å². The predicted molar refractivity (Wildman–Crippen MR) is 70.9 cm³/mol. The van der Waals surface area contributed by atoms with Gasteiger partial charge in [-0.1, -0.05) is 35.0 Å². The van der Waals surface area contributed by atoms with E-state index in [4.69, 9.17) is 14.2 Å². The minimum Gasteiger partial charge on any atom is -0.434 e. The maximum absolute atomic E-state index is 11.1. The summed E-state index contributed by atoms with van der Waals surface area (Å²) >= 11 is 3.65. The highest BCUT2D eigenvalue weighted by atomic mass is 79.9. The number of hydrogen-bond acceptors (Lipinski definition) is 4. The third-order valence-electron chi connectivity index (χ3n) is 3.33. The van der Waals surface area contributed by atoms with Crippen LogP contribution in [0.4, 0.5) is 4.79 Å². The zero-order valence-electron chi connectivity index (χ0n) is 10.5. The Morgan fingerprint density at radius 3 is 2.89 bits per heavy atom. The Balaban J connectivity index is 1.98. The molecule has 1 fully saturated rings. The van der Waals surface area contributed by atoms with Gasteiger partial charge in [0.25, 0.3) is 0 Å². The molecule has 0 aliphatic carbocycles. The van der Waals surface area contributed by atoms with Crippen molar-refractivity contribution in [1.82, 2.24) is 0 Å². The van der Waals surface area contributed by atoms with E-state index < -0.39 is 6.16 Å². The van der Waals surface area contributed by atoms with Gasteiger partial charge in [-0.3, -0.25) is 0 Å². The fraction of sp³-hybridized carbons (Fsp3) is 0.769. The van der Waals surface area contributed by atoms with E-state index in [-0.39, 0.29) is 18.3 Å². The van der Waals surface area contributed by atoms with Crippen molar-refractivity contribution in [3.63, 3.8) is 0 Å². The Kier molecular flexibility index (Phi) is 5.06. The SMILES string of the molecule is CC[C@@H](Br)[C@@H]1CC=CC[C@H]([C@H]2CCOC(=O)O2)O1. The van der Waals surface area contributed by atoms with Crippen LogP contribution in [0.3, 0.4) is 0 Å². The van der Waals surface area contributed by atoms with Gasteiger partial charge in [0, 0.05) is 11.2 Å². The zero-order valence-corrected chi connectivity index (χ0v) is 12.1. The van der Waals surface area contributed by atoms with Crippen molar-refractivity contribution in [3.05, 3.63) is 12.2 Å². The highest BCUT2D eigenvalue weighted by Gasteiger charge is 2.33. The molecule has 2 aliphatic heterocycles. The summed E-state index contributed by atoms with van der Waals surface area (Å²) in [5.41, 5.74) is 0. The van der Waals surface area contributed by atoms with Crippen molar-refractivity contribution in [2.75, 3.05) is 6.61 Å². The predicted octanol–water partition coefficient (Wildman–Crippen LogP) is 3.19. The third-order valence-corrected chi connectivity index (χ3v) is 4.57. The number of rotatable bonds is 3. The van der Waals surface area contributed by atoms with E-state index in [0.29, 0.717) is 17.9 Å². The number of alkyl halides is 1. The lowest BCUT2D eigenvalue weighted by atomic mass is 10.1. The molecule has 0 radical (unpaired) electrons. The van der Waals surface area contributed by atoms with Crippen molar-refractivity contribution >= 4 is 22.1 Å². The average molecular weight is 319 g/mol. The molecule has 2 aliphatic rings. The largest absolute Gasteiger partial charge is 0.508 e. The minimum absolute atomic E-state index is 0.0619. The van der Waals surface area contributed by atoms with Crippen LogP contribution in [0.15, 0.2) is 12.2 Å². The first-order valence-corrected chi connectivity index (χ1v) is 7.40. The maximum Gasteiger partial charge on any atom is 0.508 e. The van der Waals surface area contributed by atoms with Gasteiger partial charge in [-0.25, -0.2) is 4.79 Å². The molecule has 0 aromatic rings. The van der Waals surface area contributed by atoms with Crippen LogP contribution in [0.2, 0.25) is 0 Å². The molecule has 0 N–H and O–H groups in total. The van der Waals surface area contributed by atoms with E-state index in [0.717, 1.165) is 19.3 Å². The fourth-order valence-electron chi connectivity index (χ4n) is 2.27. The molecule has 0 aromatic carbocycles. The molecule has 4 atom stereocenters. The number of carbonyl (C=O) groups is 1. The third kappa shape index (κ3) is 3.48. The summed E-state index contributed by atoms with van der Waals surface area (Å²) in [5.74, 6) is 0. The molecule has 1 saturated heterocycles. The number of halogens is 1. The summed E-state index contributed by atoms with van der Waals surface area (Å²) in [6, 6.07) is 0. The summed E-state index contributed by atoms with van der Waals surface area (Å²) in [6.07, 6.45) is 6.98. The van der Waals surface area contributed by atoms with Crippen LogP contribution in [0.1, 0.15) is 32.6 Å². The molecule has 0 amide bonds. The van der Waals surface area contributed by atoms with Crippen LogP contribution in [-0.2, 0) is 14.2 Å². The molecule has 0 saturated carbocycles. The standard InChI is InChI=1S/C13H19BrO4/c1-2-9(14)10-5-3-4-6-11(17-10)12-7-8-16-13(15)18-12/h3-4,9-12H,2,5-8H2,1H3/t9-,10+,11-,12-/m1/s1. The van der Waals surface area contributed by atoms with Crippen LogP contribution < -0.4 is 0 Å². The summed E-state index contributed by atoms with van der Waals surface area (Å²) in [7, 11) is 0. The van der Waals surface area contributed by atoms with Gasteiger partial charge < -0.3 is 14.2 Å². The molecule has 4 nitrogen and oxygen atoms in total. The molecular weight excluding hydrogens is 300 g/mol. The van der Waals surface area contributed by atoms with Crippen LogP contribution in [0.5, 0.6) is 0 Å². The summed E-state index contributed by atoms with van der Waals surface area (Å²) in [5, 5.41) is 0. The monoisotopic (exact) mass is 318 g/mol. The number of hydrogen-bond donors (Lipinski definition) is 0. The zero-order chi connectivity index (χ0) is 13.0. The van der Waals surface area contributed by atoms with Gasteiger partial charge in [-0.15, -0.1) is 0 Å². The quantitative estimate of drug-likeness (QED) is 0.455. The van der Waals surface area contributed by atoms with Gasteiger partial charge in [0.15, 0.2) is 0 Å². The average Bonchev–Trinajstić information content (AvgIpc) is 2.63. The topological polar surface area (TPSA) is 44.8 Å². The van der Waals surface area contributed by atoms with Gasteiger partial charge in [0.05, 0.1) is 18.8 Å².